The second kappa shape index (κ2) is 7.70. The van der Waals surface area contributed by atoms with Gasteiger partial charge in [-0.2, -0.15) is 5.10 Å². The van der Waals surface area contributed by atoms with Crippen molar-refractivity contribution in [3.63, 3.8) is 0 Å². The number of anilines is 1. The summed E-state index contributed by atoms with van der Waals surface area (Å²) in [7, 11) is 1.97. The number of rotatable bonds is 7. The van der Waals surface area contributed by atoms with E-state index in [1.807, 2.05) is 24.0 Å². The first-order valence-electron chi connectivity index (χ1n) is 7.81. The summed E-state index contributed by atoms with van der Waals surface area (Å²) >= 11 is 1.43. The van der Waals surface area contributed by atoms with Gasteiger partial charge >= 0.3 is 0 Å². The molecule has 2 aromatic rings. The van der Waals surface area contributed by atoms with Crippen molar-refractivity contribution in [1.29, 1.82) is 0 Å². The van der Waals surface area contributed by atoms with Crippen molar-refractivity contribution >= 4 is 22.4 Å². The van der Waals surface area contributed by atoms with Crippen LogP contribution in [0.25, 0.3) is 0 Å². The van der Waals surface area contributed by atoms with Crippen molar-refractivity contribution in [3.8, 4) is 0 Å². The van der Waals surface area contributed by atoms with Crippen LogP contribution in [-0.2, 0) is 18.4 Å². The number of nitrogens with one attached hydrogen (secondary N) is 1. The van der Waals surface area contributed by atoms with Crippen LogP contribution in [0.5, 0.6) is 0 Å². The molecule has 0 aromatic carbocycles. The third-order valence-corrected chi connectivity index (χ3v) is 4.74. The van der Waals surface area contributed by atoms with Gasteiger partial charge in [-0.05, 0) is 27.7 Å². The molecular formula is C16H25N5OS. The molecule has 1 N–H and O–H groups in total. The van der Waals surface area contributed by atoms with Crippen LogP contribution in [0.2, 0.25) is 0 Å². The van der Waals surface area contributed by atoms with E-state index in [4.69, 9.17) is 0 Å². The number of amides is 1. The standard InChI is InChI=1S/C16H25N5OS/c1-11(2)21(10-14-12(3)19-20(5)13(14)4)8-6-15(22)18-16-17-7-9-23-16/h7,9,11H,6,8,10H2,1-5H3,(H,17,18,22). The van der Waals surface area contributed by atoms with Crippen LogP contribution in [-0.4, -0.2) is 38.2 Å². The van der Waals surface area contributed by atoms with Crippen LogP contribution in [0.3, 0.4) is 0 Å². The summed E-state index contributed by atoms with van der Waals surface area (Å²) < 4.78 is 1.92. The average Bonchev–Trinajstić information content (AvgIpc) is 3.06. The van der Waals surface area contributed by atoms with Crippen molar-refractivity contribution in [3.05, 3.63) is 28.5 Å². The molecule has 0 aliphatic carbocycles. The van der Waals surface area contributed by atoms with Crippen molar-refractivity contribution < 1.29 is 4.79 Å². The van der Waals surface area contributed by atoms with Gasteiger partial charge in [0.1, 0.15) is 0 Å². The Morgan fingerprint density at radius 1 is 1.43 bits per heavy atom. The highest BCUT2D eigenvalue weighted by atomic mass is 32.1. The van der Waals surface area contributed by atoms with Crippen LogP contribution in [0, 0.1) is 13.8 Å². The van der Waals surface area contributed by atoms with Gasteiger partial charge in [0.2, 0.25) is 5.91 Å². The molecule has 0 radical (unpaired) electrons. The van der Waals surface area contributed by atoms with Gasteiger partial charge in [-0.25, -0.2) is 4.98 Å². The van der Waals surface area contributed by atoms with E-state index in [0.29, 0.717) is 24.1 Å². The third-order valence-electron chi connectivity index (χ3n) is 4.06. The van der Waals surface area contributed by atoms with Crippen molar-refractivity contribution in [2.45, 2.75) is 46.7 Å². The van der Waals surface area contributed by atoms with Crippen molar-refractivity contribution in [2.75, 3.05) is 11.9 Å². The topological polar surface area (TPSA) is 63.1 Å². The molecule has 0 saturated heterocycles. The lowest BCUT2D eigenvalue weighted by Gasteiger charge is -2.26. The maximum Gasteiger partial charge on any atom is 0.227 e. The van der Waals surface area contributed by atoms with Gasteiger partial charge in [0.05, 0.1) is 5.69 Å². The van der Waals surface area contributed by atoms with Crippen LogP contribution in [0.15, 0.2) is 11.6 Å². The molecule has 0 bridgehead atoms. The maximum absolute atomic E-state index is 12.0. The minimum atomic E-state index is 0.00484. The number of aromatic nitrogens is 3. The van der Waals surface area contributed by atoms with Crippen molar-refractivity contribution in [1.82, 2.24) is 19.7 Å². The molecule has 2 aromatic heterocycles. The Morgan fingerprint density at radius 3 is 2.70 bits per heavy atom. The summed E-state index contributed by atoms with van der Waals surface area (Å²) in [5, 5.41) is 9.81. The summed E-state index contributed by atoms with van der Waals surface area (Å²) in [5.41, 5.74) is 3.49. The zero-order valence-corrected chi connectivity index (χ0v) is 15.3. The number of hydrogen-bond acceptors (Lipinski definition) is 5. The predicted octanol–water partition coefficient (Wildman–Crippen LogP) is 2.73. The van der Waals surface area contributed by atoms with E-state index < -0.39 is 0 Å². The Labute approximate surface area is 141 Å². The fourth-order valence-electron chi connectivity index (χ4n) is 2.48. The van der Waals surface area contributed by atoms with Gasteiger partial charge in [-0.3, -0.25) is 14.4 Å². The van der Waals surface area contributed by atoms with Crippen LogP contribution >= 0.6 is 11.3 Å². The van der Waals surface area contributed by atoms with Gasteiger partial charge in [0.25, 0.3) is 0 Å². The van der Waals surface area contributed by atoms with E-state index in [1.165, 1.54) is 22.6 Å². The maximum atomic E-state index is 12.0. The van der Waals surface area contributed by atoms with Gasteiger partial charge in [0.15, 0.2) is 5.13 Å². The molecule has 7 heteroatoms. The summed E-state index contributed by atoms with van der Waals surface area (Å²) in [5.74, 6) is 0.00484. The number of thiazole rings is 1. The first kappa shape index (κ1) is 17.6. The van der Waals surface area contributed by atoms with Gasteiger partial charge in [0, 0.05) is 55.4 Å². The van der Waals surface area contributed by atoms with Gasteiger partial charge in [-0.15, -0.1) is 11.3 Å². The number of carbonyl (C=O) groups is 1. The Kier molecular flexibility index (Phi) is 5.90. The zero-order valence-electron chi connectivity index (χ0n) is 14.5. The smallest absolute Gasteiger partial charge is 0.227 e. The Bertz CT molecular complexity index is 648. The Morgan fingerprint density at radius 2 is 2.17 bits per heavy atom. The van der Waals surface area contributed by atoms with E-state index in [0.717, 1.165) is 12.2 Å². The molecule has 2 heterocycles. The SMILES string of the molecule is Cc1nn(C)c(C)c1CN(CCC(=O)Nc1nccs1)C(C)C. The number of carbonyl (C=O) groups excluding carboxylic acids is 1. The molecule has 23 heavy (non-hydrogen) atoms. The normalized spacial score (nSPS) is 11.4. The minimum Gasteiger partial charge on any atom is -0.302 e. The van der Waals surface area contributed by atoms with Crippen LogP contribution < -0.4 is 5.32 Å². The molecule has 0 saturated carbocycles. The molecule has 2 rings (SSSR count). The third kappa shape index (κ3) is 4.62. The monoisotopic (exact) mass is 335 g/mol. The first-order chi connectivity index (χ1) is 10.9. The predicted molar refractivity (Wildman–Crippen MR) is 93.6 cm³/mol. The summed E-state index contributed by atoms with van der Waals surface area (Å²) in [6.45, 7) is 9.95. The Balaban J connectivity index is 1.95. The molecule has 0 atom stereocenters. The van der Waals surface area contributed by atoms with Crippen molar-refractivity contribution in [2.24, 2.45) is 7.05 Å². The molecular weight excluding hydrogens is 310 g/mol. The molecule has 0 aliphatic rings. The van der Waals surface area contributed by atoms with Crippen LogP contribution in [0.4, 0.5) is 5.13 Å². The lowest BCUT2D eigenvalue weighted by atomic mass is 10.1. The second-order valence-electron chi connectivity index (χ2n) is 5.97. The second-order valence-corrected chi connectivity index (χ2v) is 6.87. The molecule has 0 spiro atoms. The quantitative estimate of drug-likeness (QED) is 0.845. The highest BCUT2D eigenvalue weighted by Gasteiger charge is 2.17. The molecule has 126 valence electrons. The summed E-state index contributed by atoms with van der Waals surface area (Å²) in [4.78, 5) is 18.4. The lowest BCUT2D eigenvalue weighted by Crippen LogP contribution is -2.33. The van der Waals surface area contributed by atoms with E-state index in [-0.39, 0.29) is 5.91 Å². The van der Waals surface area contributed by atoms with Gasteiger partial charge in [-0.1, -0.05) is 0 Å². The van der Waals surface area contributed by atoms with E-state index >= 15 is 0 Å². The van der Waals surface area contributed by atoms with E-state index in [2.05, 4.69) is 41.1 Å². The zero-order chi connectivity index (χ0) is 17.0. The highest BCUT2D eigenvalue weighted by molar-refractivity contribution is 7.13. The number of aryl methyl sites for hydroxylation is 2. The van der Waals surface area contributed by atoms with Crippen LogP contribution in [0.1, 0.15) is 37.2 Å². The highest BCUT2D eigenvalue weighted by Crippen LogP contribution is 2.17. The lowest BCUT2D eigenvalue weighted by molar-refractivity contribution is -0.116. The first-order valence-corrected chi connectivity index (χ1v) is 8.69. The average molecular weight is 335 g/mol. The van der Waals surface area contributed by atoms with E-state index in [9.17, 15) is 4.79 Å². The van der Waals surface area contributed by atoms with Gasteiger partial charge < -0.3 is 5.32 Å². The molecule has 0 unspecified atom stereocenters. The molecule has 6 nitrogen and oxygen atoms in total. The minimum absolute atomic E-state index is 0.00484. The molecule has 0 aliphatic heterocycles. The fourth-order valence-corrected chi connectivity index (χ4v) is 3.03. The van der Waals surface area contributed by atoms with E-state index in [1.54, 1.807) is 6.20 Å². The molecule has 1 amide bonds. The molecule has 0 fully saturated rings. The number of nitrogens with zero attached hydrogens (tertiary/aromatic N) is 4. The fraction of sp³-hybridized carbons (Fsp3) is 0.562. The Hall–Kier alpha value is -1.73. The number of hydrogen-bond donors (Lipinski definition) is 1. The summed E-state index contributed by atoms with van der Waals surface area (Å²) in [6, 6.07) is 0.363. The summed E-state index contributed by atoms with van der Waals surface area (Å²) in [6.07, 6.45) is 2.14. The largest absolute Gasteiger partial charge is 0.302 e.